The quantitative estimate of drug-likeness (QED) is 0.901. The molecule has 17 heavy (non-hydrogen) atoms. The Morgan fingerprint density at radius 3 is 3.29 bits per heavy atom. The molecule has 2 rings (SSSR count). The summed E-state index contributed by atoms with van der Waals surface area (Å²) >= 11 is 3.50. The average molecular weight is 301 g/mol. The zero-order valence-corrected chi connectivity index (χ0v) is 11.5. The fraction of sp³-hybridized carbons (Fsp3) is 0.636. The van der Waals surface area contributed by atoms with E-state index in [0.717, 1.165) is 43.1 Å². The second-order valence-corrected chi connectivity index (χ2v) is 4.78. The number of hydrogen-bond acceptors (Lipinski definition) is 5. The number of nitrogens with one attached hydrogen (secondary N) is 1. The number of anilines is 1. The molecule has 0 aromatic carbocycles. The number of morpholine rings is 1. The lowest BCUT2D eigenvalue weighted by Gasteiger charge is -2.36. The third-order valence-electron chi connectivity index (χ3n) is 2.78. The van der Waals surface area contributed by atoms with Gasteiger partial charge >= 0.3 is 0 Å². The third kappa shape index (κ3) is 3.14. The second-order valence-electron chi connectivity index (χ2n) is 3.92. The van der Waals surface area contributed by atoms with Crippen LogP contribution in [0.4, 0.5) is 5.82 Å². The number of likely N-dealkylation sites (N-methyl/N-ethyl adjacent to an activating group) is 1. The Balaban J connectivity index is 2.13. The minimum Gasteiger partial charge on any atom is -0.377 e. The summed E-state index contributed by atoms with van der Waals surface area (Å²) in [5.74, 6) is 0.950. The van der Waals surface area contributed by atoms with Crippen LogP contribution in [0.3, 0.4) is 0 Å². The summed E-state index contributed by atoms with van der Waals surface area (Å²) in [5, 5.41) is 3.36. The molecule has 94 valence electrons. The monoisotopic (exact) mass is 300 g/mol. The minimum atomic E-state index is 0.329. The van der Waals surface area contributed by atoms with Crippen LogP contribution in [0.2, 0.25) is 0 Å². The van der Waals surface area contributed by atoms with E-state index in [0.29, 0.717) is 6.04 Å². The maximum atomic E-state index is 5.53. The molecule has 1 fully saturated rings. The van der Waals surface area contributed by atoms with Crippen LogP contribution in [0.25, 0.3) is 0 Å². The fourth-order valence-corrected chi connectivity index (χ4v) is 2.38. The predicted molar refractivity (Wildman–Crippen MR) is 70.2 cm³/mol. The Kier molecular flexibility index (Phi) is 4.70. The fourth-order valence-electron chi connectivity index (χ4n) is 1.93. The van der Waals surface area contributed by atoms with Gasteiger partial charge in [-0.05, 0) is 22.5 Å². The van der Waals surface area contributed by atoms with E-state index in [4.69, 9.17) is 4.74 Å². The number of rotatable bonds is 4. The maximum Gasteiger partial charge on any atom is 0.146 e. The molecule has 1 aliphatic heterocycles. The van der Waals surface area contributed by atoms with Crippen molar-refractivity contribution in [1.29, 1.82) is 0 Å². The van der Waals surface area contributed by atoms with Gasteiger partial charge in [0.2, 0.25) is 0 Å². The normalized spacial score (nSPS) is 20.6. The van der Waals surface area contributed by atoms with Crippen LogP contribution in [0.15, 0.2) is 17.0 Å². The Bertz CT molecular complexity index is 363. The number of nitrogens with zero attached hydrogens (tertiary/aromatic N) is 3. The Labute approximate surface area is 110 Å². The first-order valence-corrected chi connectivity index (χ1v) is 6.62. The Morgan fingerprint density at radius 1 is 1.65 bits per heavy atom. The average Bonchev–Trinajstić information content (AvgIpc) is 2.37. The molecule has 1 aliphatic rings. The standard InChI is InChI=1S/C11H17BrN4O/c1-2-13-5-9-7-17-4-3-16(9)11-10(12)6-14-8-15-11/h6,8-9,13H,2-5,7H2,1H3. The van der Waals surface area contributed by atoms with E-state index in [1.807, 2.05) is 0 Å². The van der Waals surface area contributed by atoms with Crippen LogP contribution < -0.4 is 10.2 Å². The summed E-state index contributed by atoms with van der Waals surface area (Å²) in [7, 11) is 0. The van der Waals surface area contributed by atoms with Gasteiger partial charge in [-0.2, -0.15) is 0 Å². The molecule has 1 saturated heterocycles. The van der Waals surface area contributed by atoms with E-state index in [2.05, 4.69) is 43.0 Å². The number of aromatic nitrogens is 2. The molecule has 1 aromatic heterocycles. The first kappa shape index (κ1) is 12.7. The molecule has 0 radical (unpaired) electrons. The lowest BCUT2D eigenvalue weighted by Crippen LogP contribution is -2.51. The summed E-state index contributed by atoms with van der Waals surface area (Å²) in [5.41, 5.74) is 0. The highest BCUT2D eigenvalue weighted by molar-refractivity contribution is 9.10. The first-order chi connectivity index (χ1) is 8.33. The molecular formula is C11H17BrN4O. The molecule has 1 atom stereocenters. The van der Waals surface area contributed by atoms with Crippen LogP contribution in [0, 0.1) is 0 Å². The van der Waals surface area contributed by atoms with Crippen molar-refractivity contribution in [2.24, 2.45) is 0 Å². The van der Waals surface area contributed by atoms with Crippen molar-refractivity contribution in [1.82, 2.24) is 15.3 Å². The van der Waals surface area contributed by atoms with Gasteiger partial charge < -0.3 is 15.0 Å². The van der Waals surface area contributed by atoms with Gasteiger partial charge in [0.05, 0.1) is 23.7 Å². The molecular weight excluding hydrogens is 284 g/mol. The largest absolute Gasteiger partial charge is 0.377 e. The van der Waals surface area contributed by atoms with E-state index >= 15 is 0 Å². The highest BCUT2D eigenvalue weighted by Gasteiger charge is 2.25. The van der Waals surface area contributed by atoms with Crippen LogP contribution >= 0.6 is 15.9 Å². The van der Waals surface area contributed by atoms with Crippen molar-refractivity contribution in [2.45, 2.75) is 13.0 Å². The van der Waals surface area contributed by atoms with Crippen molar-refractivity contribution >= 4 is 21.7 Å². The lowest BCUT2D eigenvalue weighted by atomic mass is 10.2. The van der Waals surface area contributed by atoms with Gasteiger partial charge in [-0.25, -0.2) is 9.97 Å². The van der Waals surface area contributed by atoms with Crippen molar-refractivity contribution in [3.8, 4) is 0 Å². The van der Waals surface area contributed by atoms with Gasteiger partial charge in [0.15, 0.2) is 0 Å². The second kappa shape index (κ2) is 6.28. The highest BCUT2D eigenvalue weighted by atomic mass is 79.9. The van der Waals surface area contributed by atoms with Gasteiger partial charge in [-0.15, -0.1) is 0 Å². The van der Waals surface area contributed by atoms with Gasteiger partial charge in [-0.3, -0.25) is 0 Å². The summed E-state index contributed by atoms with van der Waals surface area (Å²) in [6, 6.07) is 0.329. The Hall–Kier alpha value is -0.720. The smallest absolute Gasteiger partial charge is 0.146 e. The summed E-state index contributed by atoms with van der Waals surface area (Å²) in [6.07, 6.45) is 3.36. The predicted octanol–water partition coefficient (Wildman–Crippen LogP) is 1.05. The van der Waals surface area contributed by atoms with Crippen molar-refractivity contribution in [2.75, 3.05) is 37.7 Å². The Morgan fingerprint density at radius 2 is 2.53 bits per heavy atom. The molecule has 0 saturated carbocycles. The van der Waals surface area contributed by atoms with Crippen LogP contribution in [0.5, 0.6) is 0 Å². The minimum absolute atomic E-state index is 0.329. The molecule has 2 heterocycles. The summed E-state index contributed by atoms with van der Waals surface area (Å²) < 4.78 is 6.46. The molecule has 0 amide bonds. The van der Waals surface area contributed by atoms with Gasteiger partial charge in [-0.1, -0.05) is 6.92 Å². The molecule has 5 nitrogen and oxygen atoms in total. The topological polar surface area (TPSA) is 50.3 Å². The molecule has 1 unspecified atom stereocenters. The molecule has 6 heteroatoms. The SMILES string of the molecule is CCNCC1COCCN1c1ncncc1Br. The van der Waals surface area contributed by atoms with Crippen LogP contribution in [-0.4, -0.2) is 48.9 Å². The van der Waals surface area contributed by atoms with E-state index in [1.54, 1.807) is 12.5 Å². The van der Waals surface area contributed by atoms with Crippen LogP contribution in [-0.2, 0) is 4.74 Å². The molecule has 1 aromatic rings. The highest BCUT2D eigenvalue weighted by Crippen LogP contribution is 2.25. The molecule has 0 bridgehead atoms. The maximum absolute atomic E-state index is 5.53. The van der Waals surface area contributed by atoms with Gasteiger partial charge in [0.1, 0.15) is 12.1 Å². The zero-order chi connectivity index (χ0) is 12.1. The van der Waals surface area contributed by atoms with E-state index < -0.39 is 0 Å². The van der Waals surface area contributed by atoms with E-state index in [-0.39, 0.29) is 0 Å². The number of hydrogen-bond donors (Lipinski definition) is 1. The first-order valence-electron chi connectivity index (χ1n) is 5.83. The van der Waals surface area contributed by atoms with Crippen molar-refractivity contribution < 1.29 is 4.74 Å². The van der Waals surface area contributed by atoms with E-state index in [9.17, 15) is 0 Å². The number of halogens is 1. The van der Waals surface area contributed by atoms with Crippen LogP contribution in [0.1, 0.15) is 6.92 Å². The molecule has 0 aliphatic carbocycles. The molecule has 0 spiro atoms. The zero-order valence-electron chi connectivity index (χ0n) is 9.90. The third-order valence-corrected chi connectivity index (χ3v) is 3.34. The van der Waals surface area contributed by atoms with E-state index in [1.165, 1.54) is 0 Å². The number of ether oxygens (including phenoxy) is 1. The van der Waals surface area contributed by atoms with Gasteiger partial charge in [0, 0.05) is 19.3 Å². The molecule has 1 N–H and O–H groups in total. The summed E-state index contributed by atoms with van der Waals surface area (Å²) in [6.45, 7) is 6.34. The van der Waals surface area contributed by atoms with Crippen molar-refractivity contribution in [3.05, 3.63) is 17.0 Å². The lowest BCUT2D eigenvalue weighted by molar-refractivity contribution is 0.0934. The van der Waals surface area contributed by atoms with Crippen molar-refractivity contribution in [3.63, 3.8) is 0 Å². The van der Waals surface area contributed by atoms with Gasteiger partial charge in [0.25, 0.3) is 0 Å². The summed E-state index contributed by atoms with van der Waals surface area (Å²) in [4.78, 5) is 10.6.